The van der Waals surface area contributed by atoms with Crippen LogP contribution in [0.25, 0.3) is 0 Å². The lowest BCUT2D eigenvalue weighted by molar-refractivity contribution is -0.141. The molecule has 1 amide bonds. The maximum atomic E-state index is 12.4. The zero-order valence-corrected chi connectivity index (χ0v) is 11.6. The Labute approximate surface area is 115 Å². The molecule has 0 saturated carbocycles. The second-order valence-corrected chi connectivity index (χ2v) is 5.62. The predicted molar refractivity (Wildman–Crippen MR) is 70.0 cm³/mol. The van der Waals surface area contributed by atoms with Gasteiger partial charge in [-0.1, -0.05) is 13.3 Å². The maximum absolute atomic E-state index is 12.4. The van der Waals surface area contributed by atoms with E-state index in [1.165, 1.54) is 23.1 Å². The van der Waals surface area contributed by atoms with Gasteiger partial charge in [0.1, 0.15) is 6.04 Å². The first-order valence-electron chi connectivity index (χ1n) is 6.13. The van der Waals surface area contributed by atoms with Crippen molar-refractivity contribution < 1.29 is 19.1 Å². The van der Waals surface area contributed by atoms with Crippen molar-refractivity contribution in [3.8, 4) is 0 Å². The summed E-state index contributed by atoms with van der Waals surface area (Å²) in [4.78, 5) is 29.0. The van der Waals surface area contributed by atoms with Crippen molar-refractivity contribution in [1.29, 1.82) is 0 Å². The second kappa shape index (κ2) is 5.64. The van der Waals surface area contributed by atoms with Gasteiger partial charge in [-0.05, 0) is 13.3 Å². The monoisotopic (exact) mass is 284 g/mol. The van der Waals surface area contributed by atoms with Gasteiger partial charge in [-0.3, -0.25) is 4.79 Å². The van der Waals surface area contributed by atoms with E-state index in [1.54, 1.807) is 6.92 Å². The minimum absolute atomic E-state index is 0.108. The summed E-state index contributed by atoms with van der Waals surface area (Å²) in [5, 5.41) is 9.12. The molecule has 0 radical (unpaired) electrons. The summed E-state index contributed by atoms with van der Waals surface area (Å²) in [5.74, 6) is -0.809. The Hall–Kier alpha value is -1.50. The van der Waals surface area contributed by atoms with Gasteiger partial charge in [0.25, 0.3) is 5.91 Å². The normalized spacial score (nSPS) is 22.7. The summed E-state index contributed by atoms with van der Waals surface area (Å²) in [5.41, 5.74) is 0.487. The summed E-state index contributed by atoms with van der Waals surface area (Å²) >= 11 is 1.51. The molecule has 2 rings (SSSR count). The SMILES string of the molecule is CCCC1SCC(C(=O)O)N1C(=O)c1ocnc1C. The molecule has 0 aromatic carbocycles. The van der Waals surface area contributed by atoms with Crippen LogP contribution in [0.3, 0.4) is 0 Å². The average molecular weight is 284 g/mol. The number of rotatable bonds is 4. The first kappa shape index (κ1) is 13.9. The molecule has 0 spiro atoms. The standard InChI is InChI=1S/C12H16N2O4S/c1-3-4-9-14(8(5-19-9)12(16)17)11(15)10-7(2)13-6-18-10/h6,8-9H,3-5H2,1-2H3,(H,16,17). The van der Waals surface area contributed by atoms with E-state index >= 15 is 0 Å². The Morgan fingerprint density at radius 2 is 2.37 bits per heavy atom. The van der Waals surface area contributed by atoms with Crippen LogP contribution in [0.5, 0.6) is 0 Å². The molecule has 6 nitrogen and oxygen atoms in total. The Balaban J connectivity index is 2.28. The molecule has 1 saturated heterocycles. The highest BCUT2D eigenvalue weighted by Crippen LogP contribution is 2.33. The summed E-state index contributed by atoms with van der Waals surface area (Å²) in [6, 6.07) is -0.793. The van der Waals surface area contributed by atoms with Gasteiger partial charge >= 0.3 is 5.97 Å². The summed E-state index contributed by atoms with van der Waals surface area (Å²) in [6.45, 7) is 3.68. The third kappa shape index (κ3) is 2.60. The number of aliphatic carboxylic acids is 1. The summed E-state index contributed by atoms with van der Waals surface area (Å²) < 4.78 is 5.09. The lowest BCUT2D eigenvalue weighted by Crippen LogP contribution is -2.45. The highest BCUT2D eigenvalue weighted by atomic mass is 32.2. The van der Waals surface area contributed by atoms with Crippen molar-refractivity contribution in [3.63, 3.8) is 0 Å². The van der Waals surface area contributed by atoms with Crippen molar-refractivity contribution in [2.24, 2.45) is 0 Å². The molecular formula is C12H16N2O4S. The molecule has 2 heterocycles. The Kier molecular flexibility index (Phi) is 4.14. The number of carboxylic acid groups (broad SMARTS) is 1. The van der Waals surface area contributed by atoms with Crippen molar-refractivity contribution in [3.05, 3.63) is 17.8 Å². The van der Waals surface area contributed by atoms with Gasteiger partial charge in [-0.15, -0.1) is 11.8 Å². The van der Waals surface area contributed by atoms with Crippen molar-refractivity contribution in [1.82, 2.24) is 9.88 Å². The fraction of sp³-hybridized carbons (Fsp3) is 0.583. The van der Waals surface area contributed by atoms with Gasteiger partial charge in [-0.2, -0.15) is 0 Å². The summed E-state index contributed by atoms with van der Waals surface area (Å²) in [6.07, 6.45) is 2.87. The number of aromatic nitrogens is 1. The molecular weight excluding hydrogens is 268 g/mol. The largest absolute Gasteiger partial charge is 0.480 e. The van der Waals surface area contributed by atoms with Gasteiger partial charge in [0.2, 0.25) is 5.76 Å². The number of hydrogen-bond acceptors (Lipinski definition) is 5. The number of carbonyl (C=O) groups is 2. The quantitative estimate of drug-likeness (QED) is 0.907. The van der Waals surface area contributed by atoms with Crippen LogP contribution in [0, 0.1) is 6.92 Å². The lowest BCUT2D eigenvalue weighted by Gasteiger charge is -2.26. The van der Waals surface area contributed by atoms with Gasteiger partial charge in [0.15, 0.2) is 6.39 Å². The molecule has 1 aliphatic heterocycles. The Bertz CT molecular complexity index is 488. The van der Waals surface area contributed by atoms with E-state index in [9.17, 15) is 14.7 Å². The molecule has 2 atom stereocenters. The molecule has 1 aliphatic rings. The van der Waals surface area contributed by atoms with E-state index in [-0.39, 0.29) is 17.0 Å². The first-order valence-corrected chi connectivity index (χ1v) is 7.18. The number of thioether (sulfide) groups is 1. The Morgan fingerprint density at radius 1 is 1.63 bits per heavy atom. The van der Waals surface area contributed by atoms with Crippen molar-refractivity contribution >= 4 is 23.6 Å². The van der Waals surface area contributed by atoms with Gasteiger partial charge in [0, 0.05) is 5.75 Å². The number of amides is 1. The van der Waals surface area contributed by atoms with Crippen LogP contribution in [0.2, 0.25) is 0 Å². The molecule has 1 aromatic heterocycles. The first-order chi connectivity index (χ1) is 9.06. The fourth-order valence-corrected chi connectivity index (χ4v) is 3.63. The molecule has 0 aliphatic carbocycles. The van der Waals surface area contributed by atoms with Gasteiger partial charge < -0.3 is 14.4 Å². The number of hydrogen-bond donors (Lipinski definition) is 1. The minimum Gasteiger partial charge on any atom is -0.480 e. The zero-order valence-electron chi connectivity index (χ0n) is 10.8. The molecule has 1 N–H and O–H groups in total. The van der Waals surface area contributed by atoms with Crippen LogP contribution in [-0.4, -0.2) is 44.0 Å². The van der Waals surface area contributed by atoms with Crippen LogP contribution in [0.15, 0.2) is 10.8 Å². The van der Waals surface area contributed by atoms with Gasteiger partial charge in [0.05, 0.1) is 11.1 Å². The third-order valence-corrected chi connectivity index (χ3v) is 4.44. The van der Waals surface area contributed by atoms with Crippen LogP contribution >= 0.6 is 11.8 Å². The highest BCUT2D eigenvalue weighted by molar-refractivity contribution is 8.00. The number of carbonyl (C=O) groups excluding carboxylic acids is 1. The highest BCUT2D eigenvalue weighted by Gasteiger charge is 2.42. The predicted octanol–water partition coefficient (Wildman–Crippen LogP) is 1.75. The van der Waals surface area contributed by atoms with E-state index in [1.807, 2.05) is 6.92 Å². The third-order valence-electron chi connectivity index (χ3n) is 3.09. The van der Waals surface area contributed by atoms with Crippen LogP contribution in [0.1, 0.15) is 36.0 Å². The maximum Gasteiger partial charge on any atom is 0.327 e. The van der Waals surface area contributed by atoms with Crippen LogP contribution in [0.4, 0.5) is 0 Å². The summed E-state index contributed by atoms with van der Waals surface area (Å²) in [7, 11) is 0. The number of oxazole rings is 1. The molecule has 1 fully saturated rings. The molecule has 19 heavy (non-hydrogen) atoms. The van der Waals surface area contributed by atoms with E-state index in [2.05, 4.69) is 4.98 Å². The van der Waals surface area contributed by atoms with E-state index < -0.39 is 12.0 Å². The topological polar surface area (TPSA) is 83.6 Å². The Morgan fingerprint density at radius 3 is 2.89 bits per heavy atom. The van der Waals surface area contributed by atoms with E-state index in [4.69, 9.17) is 4.42 Å². The van der Waals surface area contributed by atoms with Crippen LogP contribution in [-0.2, 0) is 4.79 Å². The lowest BCUT2D eigenvalue weighted by atomic mass is 10.2. The van der Waals surface area contributed by atoms with Crippen molar-refractivity contribution in [2.75, 3.05) is 5.75 Å². The second-order valence-electron chi connectivity index (χ2n) is 4.41. The van der Waals surface area contributed by atoms with Crippen LogP contribution < -0.4 is 0 Å². The number of carboxylic acids is 1. The zero-order chi connectivity index (χ0) is 14.0. The molecule has 2 unspecified atom stereocenters. The molecule has 1 aromatic rings. The molecule has 7 heteroatoms. The fourth-order valence-electron chi connectivity index (χ4n) is 2.12. The minimum atomic E-state index is -0.975. The average Bonchev–Trinajstić information content (AvgIpc) is 2.95. The smallest absolute Gasteiger partial charge is 0.327 e. The molecule has 104 valence electrons. The van der Waals surface area contributed by atoms with E-state index in [0.717, 1.165) is 12.8 Å². The van der Waals surface area contributed by atoms with Gasteiger partial charge in [-0.25, -0.2) is 9.78 Å². The number of aryl methyl sites for hydroxylation is 1. The van der Waals surface area contributed by atoms with E-state index in [0.29, 0.717) is 11.4 Å². The van der Waals surface area contributed by atoms with Crippen molar-refractivity contribution in [2.45, 2.75) is 38.1 Å². The number of nitrogens with zero attached hydrogens (tertiary/aromatic N) is 2. The molecule has 0 bridgehead atoms.